The van der Waals surface area contributed by atoms with Gasteiger partial charge in [-0.3, -0.25) is 14.1 Å². The number of hydrogen-bond acceptors (Lipinski definition) is 3. The van der Waals surface area contributed by atoms with Crippen LogP contribution in [0.25, 0.3) is 11.1 Å². The number of halogens is 2. The van der Waals surface area contributed by atoms with Gasteiger partial charge < -0.3 is 36.6 Å². The minimum atomic E-state index is -4.92. The first-order valence-corrected chi connectivity index (χ1v) is 9.54. The predicted molar refractivity (Wildman–Crippen MR) is 88.1 cm³/mol. The largest absolute Gasteiger partial charge is 1.00 e. The first kappa shape index (κ1) is 23.6. The van der Waals surface area contributed by atoms with Crippen LogP contribution in [0, 0.1) is 0 Å². The number of nitrogens with zero attached hydrogens (tertiary/aromatic N) is 2. The maximum atomic E-state index is 11.3. The van der Waals surface area contributed by atoms with E-state index < -0.39 is 27.1 Å². The van der Waals surface area contributed by atoms with Crippen LogP contribution >= 0.6 is 32.2 Å². The van der Waals surface area contributed by atoms with Gasteiger partial charge in [-0.25, -0.2) is 4.57 Å². The van der Waals surface area contributed by atoms with Gasteiger partial charge in [0.2, 0.25) is 5.40 Å². The molecule has 2 aromatic heterocycles. The number of aromatic nitrogens is 2. The van der Waals surface area contributed by atoms with Gasteiger partial charge in [0.15, 0.2) is 18.9 Å². The standard InChI is InChI=1S/C12H14N2O6P2.2BrH/c15-21(16,17)12(22(18,19)20)9-14-7-3-11(4-8-14)10-1-5-13-6-2-10;;/h1-8,12H,9H2,(H3-,15,16,17,18,19,20);2*1H. The highest BCUT2D eigenvalue weighted by Crippen LogP contribution is 2.59. The monoisotopic (exact) mass is 504 g/mol. The molecule has 0 saturated carbocycles. The Morgan fingerprint density at radius 3 is 1.75 bits per heavy atom. The van der Waals surface area contributed by atoms with Gasteiger partial charge in [-0.2, -0.15) is 0 Å². The normalized spacial score (nSPS) is 11.5. The van der Waals surface area contributed by atoms with Crippen LogP contribution in [0.4, 0.5) is 0 Å². The van der Waals surface area contributed by atoms with Gasteiger partial charge in [0.1, 0.15) is 0 Å². The van der Waals surface area contributed by atoms with E-state index in [1.807, 2.05) is 0 Å². The lowest BCUT2D eigenvalue weighted by molar-refractivity contribution is -0.694. The molecule has 8 nitrogen and oxygen atoms in total. The highest BCUT2D eigenvalue weighted by Gasteiger charge is 2.46. The Balaban J connectivity index is 0.00000264. The van der Waals surface area contributed by atoms with Crippen molar-refractivity contribution >= 4 is 32.2 Å². The predicted octanol–water partition coefficient (Wildman–Crippen LogP) is -1.70. The van der Waals surface area contributed by atoms with Crippen molar-refractivity contribution in [3.8, 4) is 11.1 Å². The zero-order chi connectivity index (χ0) is 16.4. The number of pyridine rings is 2. The molecule has 0 aliphatic heterocycles. The second-order valence-corrected chi connectivity index (χ2v) is 8.69. The smallest absolute Gasteiger partial charge is 0.347 e. The van der Waals surface area contributed by atoms with Crippen LogP contribution in [0.3, 0.4) is 0 Å². The summed E-state index contributed by atoms with van der Waals surface area (Å²) in [7, 11) is -9.85. The minimum absolute atomic E-state index is 0. The first-order valence-electron chi connectivity index (χ1n) is 6.18. The molecule has 0 atom stereocenters. The van der Waals surface area contributed by atoms with Gasteiger partial charge in [0.05, 0.1) is 0 Å². The van der Waals surface area contributed by atoms with Gasteiger partial charge in [-0.1, -0.05) is 0 Å². The summed E-state index contributed by atoms with van der Waals surface area (Å²) in [4.78, 5) is 40.3. The van der Waals surface area contributed by atoms with Crippen LogP contribution < -0.4 is 21.5 Å². The highest BCUT2D eigenvalue weighted by molar-refractivity contribution is 8.93. The van der Waals surface area contributed by atoms with E-state index in [1.54, 1.807) is 36.7 Å². The van der Waals surface area contributed by atoms with Gasteiger partial charge in [0.25, 0.3) is 0 Å². The van der Waals surface area contributed by atoms with Gasteiger partial charge in [-0.05, 0) is 23.3 Å². The molecule has 2 heterocycles. The molecule has 2 rings (SSSR count). The molecule has 0 amide bonds. The fraction of sp³-hybridized carbons (Fsp3) is 0.167. The van der Waals surface area contributed by atoms with E-state index in [-0.39, 0.29) is 34.0 Å². The maximum Gasteiger partial charge on any atom is 0.347 e. The second-order valence-electron chi connectivity index (χ2n) is 4.68. The Hall–Kier alpha value is -0.440. The molecule has 0 saturated heterocycles. The SMILES string of the molecule is Br.O=P(O)(O)C(C[n+]1ccc(-c2ccncc2)cc1)P(=O)(O)O.[Br-]. The highest BCUT2D eigenvalue weighted by atomic mass is 79.9. The van der Waals surface area contributed by atoms with Crippen LogP contribution in [0.15, 0.2) is 49.1 Å². The number of hydrogen-bond donors (Lipinski definition) is 4. The van der Waals surface area contributed by atoms with Crippen LogP contribution in [0.1, 0.15) is 0 Å². The quantitative estimate of drug-likeness (QED) is 0.281. The summed E-state index contributed by atoms with van der Waals surface area (Å²) < 4.78 is 23.8. The molecule has 2 aromatic rings. The van der Waals surface area contributed by atoms with E-state index in [0.29, 0.717) is 0 Å². The average Bonchev–Trinajstić information content (AvgIpc) is 2.44. The van der Waals surface area contributed by atoms with E-state index >= 15 is 0 Å². The van der Waals surface area contributed by atoms with Crippen molar-refractivity contribution < 1.29 is 50.3 Å². The molecule has 0 unspecified atom stereocenters. The Labute approximate surface area is 159 Å². The van der Waals surface area contributed by atoms with E-state index in [4.69, 9.17) is 19.6 Å². The molecule has 0 bridgehead atoms. The lowest BCUT2D eigenvalue weighted by Crippen LogP contribution is -3.00. The molecule has 0 radical (unpaired) electrons. The summed E-state index contributed by atoms with van der Waals surface area (Å²) in [5, 5.41) is -2.06. The Morgan fingerprint density at radius 1 is 0.917 bits per heavy atom. The fourth-order valence-corrected chi connectivity index (χ4v) is 4.28. The van der Waals surface area contributed by atoms with E-state index in [0.717, 1.165) is 11.1 Å². The van der Waals surface area contributed by atoms with Crippen molar-refractivity contribution in [2.45, 2.75) is 11.9 Å². The van der Waals surface area contributed by atoms with Gasteiger partial charge in [0, 0.05) is 24.5 Å². The maximum absolute atomic E-state index is 11.3. The Bertz CT molecular complexity index is 713. The minimum Gasteiger partial charge on any atom is -1.00 e. The second kappa shape index (κ2) is 9.31. The average molecular weight is 506 g/mol. The molecule has 0 fully saturated rings. The summed E-state index contributed by atoms with van der Waals surface area (Å²) in [6.07, 6.45) is 6.28. The van der Waals surface area contributed by atoms with Crippen molar-refractivity contribution in [1.82, 2.24) is 4.98 Å². The van der Waals surface area contributed by atoms with E-state index in [2.05, 4.69) is 4.98 Å². The molecule has 0 aliphatic carbocycles. The molecule has 4 N–H and O–H groups in total. The molecular weight excluding hydrogens is 490 g/mol. The lowest BCUT2D eigenvalue weighted by atomic mass is 10.1. The summed E-state index contributed by atoms with van der Waals surface area (Å²) in [6.45, 7) is -0.481. The van der Waals surface area contributed by atoms with Crippen LogP contribution in [0.5, 0.6) is 0 Å². The zero-order valence-corrected chi connectivity index (χ0v) is 17.2. The summed E-state index contributed by atoms with van der Waals surface area (Å²) >= 11 is 0. The molecule has 12 heteroatoms. The summed E-state index contributed by atoms with van der Waals surface area (Å²) in [5.41, 5.74) is 1.76. The third kappa shape index (κ3) is 6.46. The molecule has 134 valence electrons. The van der Waals surface area contributed by atoms with Crippen molar-refractivity contribution in [3.05, 3.63) is 49.1 Å². The molecular formula is C12H16Br2N2O6P2. The molecule has 0 aromatic carbocycles. The van der Waals surface area contributed by atoms with E-state index in [1.165, 1.54) is 17.0 Å². The van der Waals surface area contributed by atoms with Crippen molar-refractivity contribution in [2.75, 3.05) is 0 Å². The molecule has 0 aliphatic rings. The van der Waals surface area contributed by atoms with Gasteiger partial charge in [-0.15, -0.1) is 17.0 Å². The van der Waals surface area contributed by atoms with Crippen LogP contribution in [0.2, 0.25) is 0 Å². The van der Waals surface area contributed by atoms with Crippen molar-refractivity contribution in [3.63, 3.8) is 0 Å². The number of rotatable bonds is 5. The summed E-state index contributed by atoms with van der Waals surface area (Å²) in [6, 6.07) is 6.97. The lowest BCUT2D eigenvalue weighted by Gasteiger charge is -2.16. The zero-order valence-electron chi connectivity index (χ0n) is 12.1. The Morgan fingerprint density at radius 2 is 1.33 bits per heavy atom. The summed E-state index contributed by atoms with van der Waals surface area (Å²) in [5.74, 6) is 0. The fourth-order valence-electron chi connectivity index (χ4n) is 1.91. The third-order valence-corrected chi connectivity index (χ3v) is 6.74. The first-order chi connectivity index (χ1) is 10.2. The van der Waals surface area contributed by atoms with Crippen molar-refractivity contribution in [1.29, 1.82) is 0 Å². The Kier molecular flexibility index (Phi) is 9.14. The topological polar surface area (TPSA) is 132 Å². The van der Waals surface area contributed by atoms with Crippen LogP contribution in [-0.4, -0.2) is 30.0 Å². The van der Waals surface area contributed by atoms with E-state index in [9.17, 15) is 9.13 Å². The third-order valence-electron chi connectivity index (χ3n) is 3.06. The van der Waals surface area contributed by atoms with Gasteiger partial charge >= 0.3 is 15.2 Å². The molecule has 24 heavy (non-hydrogen) atoms. The molecule has 0 spiro atoms. The van der Waals surface area contributed by atoms with Crippen molar-refractivity contribution in [2.24, 2.45) is 0 Å². The van der Waals surface area contributed by atoms with Crippen LogP contribution in [-0.2, 0) is 15.7 Å².